The van der Waals surface area contributed by atoms with Crippen molar-refractivity contribution in [3.63, 3.8) is 0 Å². The standard InChI is InChI=1S/C35H31F4NO4/c1-34(2,22-41)32-29(25-13-15-26(16-14-25)33(42)44-20-24-11-7-4-8-12-24)30-28(40(32)21-35(37,38)39)18-17-27(36)31(30)43-19-23-9-5-3-6-10-23/h3-18,41H,19-22H2,1-2H3. The molecule has 5 aromatic rings. The van der Waals surface area contributed by atoms with Crippen LogP contribution in [0.15, 0.2) is 97.1 Å². The first-order chi connectivity index (χ1) is 21.0. The van der Waals surface area contributed by atoms with Gasteiger partial charge in [-0.2, -0.15) is 13.2 Å². The Balaban J connectivity index is 1.65. The summed E-state index contributed by atoms with van der Waals surface area (Å²) in [6.07, 6.45) is -4.62. The number of nitrogens with zero attached hydrogens (tertiary/aromatic N) is 1. The minimum atomic E-state index is -4.62. The van der Waals surface area contributed by atoms with E-state index in [1.54, 1.807) is 50.2 Å². The van der Waals surface area contributed by atoms with E-state index in [4.69, 9.17) is 9.47 Å². The summed E-state index contributed by atoms with van der Waals surface area (Å²) in [6.45, 7) is 1.44. The van der Waals surface area contributed by atoms with E-state index in [1.165, 1.54) is 18.2 Å². The monoisotopic (exact) mass is 605 g/mol. The summed E-state index contributed by atoms with van der Waals surface area (Å²) in [6, 6.07) is 26.7. The second kappa shape index (κ2) is 12.5. The Labute approximate surface area is 252 Å². The van der Waals surface area contributed by atoms with Gasteiger partial charge in [0.25, 0.3) is 0 Å². The van der Waals surface area contributed by atoms with Crippen LogP contribution in [-0.4, -0.2) is 28.4 Å². The molecule has 9 heteroatoms. The summed E-state index contributed by atoms with van der Waals surface area (Å²) in [5.74, 6) is -1.52. The third-order valence-electron chi connectivity index (χ3n) is 7.36. The highest BCUT2D eigenvalue weighted by atomic mass is 19.4. The quantitative estimate of drug-likeness (QED) is 0.129. The van der Waals surface area contributed by atoms with Crippen molar-refractivity contribution in [2.75, 3.05) is 6.61 Å². The molecule has 0 bridgehead atoms. The van der Waals surface area contributed by atoms with Crippen molar-refractivity contribution >= 4 is 16.9 Å². The minimum Gasteiger partial charge on any atom is -0.485 e. The first kappa shape index (κ1) is 30.8. The van der Waals surface area contributed by atoms with Gasteiger partial charge in [-0.15, -0.1) is 0 Å². The lowest BCUT2D eigenvalue weighted by Gasteiger charge is -2.27. The van der Waals surface area contributed by atoms with Gasteiger partial charge in [0.15, 0.2) is 11.6 Å². The Hall–Kier alpha value is -4.63. The number of alkyl halides is 3. The molecule has 0 amide bonds. The Kier molecular flexibility index (Phi) is 8.78. The number of carbonyl (C=O) groups excluding carboxylic acids is 1. The average Bonchev–Trinajstić information content (AvgIpc) is 3.33. The number of aliphatic hydroxyl groups is 1. The zero-order valence-electron chi connectivity index (χ0n) is 24.2. The van der Waals surface area contributed by atoms with Crippen LogP contribution in [-0.2, 0) is 29.9 Å². The van der Waals surface area contributed by atoms with Crippen LogP contribution < -0.4 is 4.74 Å². The van der Waals surface area contributed by atoms with Crippen LogP contribution in [0.1, 0.15) is 41.0 Å². The third-order valence-corrected chi connectivity index (χ3v) is 7.36. The molecule has 0 fully saturated rings. The first-order valence-electron chi connectivity index (χ1n) is 14.0. The third kappa shape index (κ3) is 6.63. The summed E-state index contributed by atoms with van der Waals surface area (Å²) in [5.41, 5.74) is 1.56. The Morgan fingerprint density at radius 3 is 1.98 bits per heavy atom. The van der Waals surface area contributed by atoms with Gasteiger partial charge in [-0.25, -0.2) is 9.18 Å². The van der Waals surface area contributed by atoms with Gasteiger partial charge >= 0.3 is 12.1 Å². The minimum absolute atomic E-state index is 0.0221. The van der Waals surface area contributed by atoms with Gasteiger partial charge in [-0.3, -0.25) is 0 Å². The molecule has 1 N–H and O–H groups in total. The molecule has 0 spiro atoms. The number of fused-ring (bicyclic) bond motifs is 1. The van der Waals surface area contributed by atoms with E-state index in [-0.39, 0.29) is 46.7 Å². The normalized spacial score (nSPS) is 12.0. The fraction of sp³-hybridized carbons (Fsp3) is 0.229. The van der Waals surface area contributed by atoms with E-state index in [0.29, 0.717) is 5.56 Å². The largest absolute Gasteiger partial charge is 0.485 e. The average molecular weight is 606 g/mol. The summed E-state index contributed by atoms with van der Waals surface area (Å²) in [7, 11) is 0. The van der Waals surface area contributed by atoms with Crippen molar-refractivity contribution in [3.8, 4) is 16.9 Å². The summed E-state index contributed by atoms with van der Waals surface area (Å²) < 4.78 is 70.0. The number of hydrogen-bond donors (Lipinski definition) is 1. The van der Waals surface area contributed by atoms with E-state index in [9.17, 15) is 23.1 Å². The second-order valence-corrected chi connectivity index (χ2v) is 11.2. The topological polar surface area (TPSA) is 60.7 Å². The van der Waals surface area contributed by atoms with Gasteiger partial charge in [0, 0.05) is 16.7 Å². The Bertz CT molecular complexity index is 1750. The molecule has 5 rings (SSSR count). The number of benzene rings is 4. The lowest BCUT2D eigenvalue weighted by Crippen LogP contribution is -2.29. The smallest absolute Gasteiger partial charge is 0.406 e. The molecule has 44 heavy (non-hydrogen) atoms. The number of aromatic nitrogens is 1. The van der Waals surface area contributed by atoms with Crippen molar-refractivity contribution in [2.24, 2.45) is 0 Å². The number of rotatable bonds is 10. The van der Waals surface area contributed by atoms with Crippen molar-refractivity contribution in [3.05, 3.63) is 125 Å². The lowest BCUT2D eigenvalue weighted by molar-refractivity contribution is -0.140. The van der Waals surface area contributed by atoms with Gasteiger partial charge in [-0.05, 0) is 41.0 Å². The molecule has 1 heterocycles. The zero-order valence-corrected chi connectivity index (χ0v) is 24.2. The molecule has 4 aromatic carbocycles. The molecule has 0 aliphatic carbocycles. The predicted molar refractivity (Wildman–Crippen MR) is 160 cm³/mol. The van der Waals surface area contributed by atoms with Crippen molar-refractivity contribution in [2.45, 2.75) is 45.2 Å². The highest BCUT2D eigenvalue weighted by molar-refractivity contribution is 6.03. The number of ether oxygens (including phenoxy) is 2. The molecular weight excluding hydrogens is 574 g/mol. The molecule has 0 aliphatic heterocycles. The molecule has 0 aliphatic rings. The van der Waals surface area contributed by atoms with Crippen LogP contribution in [0.25, 0.3) is 22.0 Å². The van der Waals surface area contributed by atoms with Crippen LogP contribution in [0.4, 0.5) is 17.6 Å². The molecule has 1 aromatic heterocycles. The molecule has 0 radical (unpaired) electrons. The molecule has 5 nitrogen and oxygen atoms in total. The van der Waals surface area contributed by atoms with Gasteiger partial charge in [0.05, 0.1) is 23.1 Å². The molecule has 0 saturated carbocycles. The van der Waals surface area contributed by atoms with Gasteiger partial charge in [0.2, 0.25) is 0 Å². The number of carbonyl (C=O) groups is 1. The summed E-state index contributed by atoms with van der Waals surface area (Å²) in [5, 5.41) is 10.5. The van der Waals surface area contributed by atoms with E-state index in [2.05, 4.69) is 0 Å². The molecular formula is C35H31F4NO4. The predicted octanol–water partition coefficient (Wildman–Crippen LogP) is 8.22. The van der Waals surface area contributed by atoms with Crippen LogP contribution in [0, 0.1) is 5.82 Å². The number of hydrogen-bond acceptors (Lipinski definition) is 4. The highest BCUT2D eigenvalue weighted by Crippen LogP contribution is 2.46. The first-order valence-corrected chi connectivity index (χ1v) is 14.0. The van der Waals surface area contributed by atoms with Crippen LogP contribution in [0.3, 0.4) is 0 Å². The maximum atomic E-state index is 15.5. The maximum absolute atomic E-state index is 15.5. The lowest BCUT2D eigenvalue weighted by atomic mass is 9.84. The molecule has 0 atom stereocenters. The van der Waals surface area contributed by atoms with E-state index in [0.717, 1.165) is 21.8 Å². The van der Waals surface area contributed by atoms with Gasteiger partial charge in [-0.1, -0.05) is 86.6 Å². The number of halogens is 4. The molecule has 228 valence electrons. The molecule has 0 saturated heterocycles. The van der Waals surface area contributed by atoms with Crippen LogP contribution in [0.2, 0.25) is 0 Å². The molecule has 0 unspecified atom stereocenters. The fourth-order valence-corrected chi connectivity index (χ4v) is 5.24. The van der Waals surface area contributed by atoms with E-state index < -0.39 is 36.5 Å². The fourth-order valence-electron chi connectivity index (χ4n) is 5.24. The Morgan fingerprint density at radius 1 is 0.818 bits per heavy atom. The maximum Gasteiger partial charge on any atom is 0.406 e. The number of aliphatic hydroxyl groups excluding tert-OH is 1. The summed E-state index contributed by atoms with van der Waals surface area (Å²) >= 11 is 0. The Morgan fingerprint density at radius 2 is 1.41 bits per heavy atom. The summed E-state index contributed by atoms with van der Waals surface area (Å²) in [4.78, 5) is 12.8. The number of esters is 1. The van der Waals surface area contributed by atoms with E-state index >= 15 is 4.39 Å². The van der Waals surface area contributed by atoms with Crippen molar-refractivity contribution in [1.82, 2.24) is 4.57 Å². The SMILES string of the molecule is CC(C)(CO)c1c(-c2ccc(C(=O)OCc3ccccc3)cc2)c2c(OCc3ccccc3)c(F)ccc2n1CC(F)(F)F. The van der Waals surface area contributed by atoms with Gasteiger partial charge < -0.3 is 19.1 Å². The van der Waals surface area contributed by atoms with Crippen LogP contribution in [0.5, 0.6) is 5.75 Å². The van der Waals surface area contributed by atoms with Crippen molar-refractivity contribution < 1.29 is 36.9 Å². The highest BCUT2D eigenvalue weighted by Gasteiger charge is 2.37. The van der Waals surface area contributed by atoms with Crippen LogP contribution >= 0.6 is 0 Å². The van der Waals surface area contributed by atoms with Crippen molar-refractivity contribution in [1.29, 1.82) is 0 Å². The second-order valence-electron chi connectivity index (χ2n) is 11.2. The zero-order chi connectivity index (χ0) is 31.5. The van der Waals surface area contributed by atoms with Gasteiger partial charge in [0.1, 0.15) is 19.8 Å². The van der Waals surface area contributed by atoms with E-state index in [1.807, 2.05) is 36.4 Å².